The van der Waals surface area contributed by atoms with Crippen LogP contribution < -0.4 is 4.74 Å². The lowest BCUT2D eigenvalue weighted by atomic mass is 10.2. The van der Waals surface area contributed by atoms with Crippen molar-refractivity contribution >= 4 is 33.6 Å². The van der Waals surface area contributed by atoms with E-state index in [9.17, 15) is 10.1 Å². The fraction of sp³-hybridized carbons (Fsp3) is 0.0667. The van der Waals surface area contributed by atoms with Crippen LogP contribution in [0.5, 0.6) is 5.75 Å². The summed E-state index contributed by atoms with van der Waals surface area (Å²) < 4.78 is 6.42. The van der Waals surface area contributed by atoms with Gasteiger partial charge in [-0.2, -0.15) is 0 Å². The molecule has 0 atom stereocenters. The summed E-state index contributed by atoms with van der Waals surface area (Å²) in [5, 5.41) is 10.9. The molecule has 2 aromatic rings. The summed E-state index contributed by atoms with van der Waals surface area (Å²) in [6, 6.07) is 12.7. The molecular weight excluding hydrogens is 358 g/mol. The van der Waals surface area contributed by atoms with Crippen molar-refractivity contribution in [2.24, 2.45) is 0 Å². The van der Waals surface area contributed by atoms with E-state index in [0.29, 0.717) is 22.9 Å². The van der Waals surface area contributed by atoms with Gasteiger partial charge >= 0.3 is 0 Å². The number of hydrogen-bond acceptors (Lipinski definition) is 3. The minimum absolute atomic E-state index is 0.350. The van der Waals surface area contributed by atoms with Crippen LogP contribution in [0.3, 0.4) is 0 Å². The second kappa shape index (κ2) is 7.24. The molecule has 21 heavy (non-hydrogen) atoms. The highest BCUT2D eigenvalue weighted by atomic mass is 79.9. The number of nitro groups is 1. The quantitative estimate of drug-likeness (QED) is 0.555. The smallest absolute Gasteiger partial charge is 0.235 e. The molecule has 0 aromatic heterocycles. The number of benzene rings is 2. The van der Waals surface area contributed by atoms with Gasteiger partial charge in [0, 0.05) is 16.7 Å². The van der Waals surface area contributed by atoms with Crippen molar-refractivity contribution in [2.75, 3.05) is 0 Å². The fourth-order valence-electron chi connectivity index (χ4n) is 1.66. The molecule has 0 unspecified atom stereocenters. The lowest BCUT2D eigenvalue weighted by Crippen LogP contribution is -1.97. The zero-order valence-corrected chi connectivity index (χ0v) is 13.2. The Morgan fingerprint density at radius 3 is 2.71 bits per heavy atom. The average Bonchev–Trinajstić information content (AvgIpc) is 2.45. The maximum absolute atomic E-state index is 10.3. The Balaban J connectivity index is 2.08. The van der Waals surface area contributed by atoms with Gasteiger partial charge in [-0.3, -0.25) is 10.1 Å². The Kier molecular flexibility index (Phi) is 5.36. The van der Waals surface area contributed by atoms with Crippen LogP contribution in [0.2, 0.25) is 5.02 Å². The molecule has 0 heterocycles. The maximum atomic E-state index is 10.3. The van der Waals surface area contributed by atoms with Gasteiger partial charge in [-0.05, 0) is 39.7 Å². The minimum atomic E-state index is -0.504. The molecule has 0 saturated carbocycles. The molecule has 0 bridgehead atoms. The summed E-state index contributed by atoms with van der Waals surface area (Å²) in [5.74, 6) is 0.646. The van der Waals surface area contributed by atoms with Gasteiger partial charge in [-0.1, -0.05) is 35.9 Å². The van der Waals surface area contributed by atoms with E-state index in [2.05, 4.69) is 15.9 Å². The third kappa shape index (κ3) is 4.58. The first-order chi connectivity index (χ1) is 10.1. The second-order valence-electron chi connectivity index (χ2n) is 4.17. The van der Waals surface area contributed by atoms with Crippen LogP contribution in [0.15, 0.2) is 53.1 Å². The average molecular weight is 369 g/mol. The fourth-order valence-corrected chi connectivity index (χ4v) is 2.36. The molecule has 4 nitrogen and oxygen atoms in total. The number of ether oxygens (including phenoxy) is 1. The molecule has 108 valence electrons. The lowest BCUT2D eigenvalue weighted by molar-refractivity contribution is -0.400. The molecule has 0 amide bonds. The summed E-state index contributed by atoms with van der Waals surface area (Å²) in [4.78, 5) is 9.78. The summed E-state index contributed by atoms with van der Waals surface area (Å²) in [5.41, 5.74) is 1.60. The highest BCUT2D eigenvalue weighted by molar-refractivity contribution is 9.10. The molecule has 0 spiro atoms. The number of hydrogen-bond donors (Lipinski definition) is 0. The van der Waals surface area contributed by atoms with E-state index >= 15 is 0 Å². The largest absolute Gasteiger partial charge is 0.488 e. The predicted molar refractivity (Wildman–Crippen MR) is 86.0 cm³/mol. The Bertz CT molecular complexity index is 688. The highest BCUT2D eigenvalue weighted by Crippen LogP contribution is 2.28. The van der Waals surface area contributed by atoms with Crippen LogP contribution in [-0.2, 0) is 6.61 Å². The van der Waals surface area contributed by atoms with Crippen molar-refractivity contribution < 1.29 is 9.66 Å². The van der Waals surface area contributed by atoms with Gasteiger partial charge in [0.2, 0.25) is 6.20 Å². The molecule has 0 fully saturated rings. The van der Waals surface area contributed by atoms with E-state index in [0.717, 1.165) is 16.2 Å². The van der Waals surface area contributed by atoms with Crippen molar-refractivity contribution in [3.8, 4) is 5.75 Å². The van der Waals surface area contributed by atoms with Crippen LogP contribution in [-0.4, -0.2) is 4.92 Å². The van der Waals surface area contributed by atoms with E-state index in [1.54, 1.807) is 24.3 Å². The monoisotopic (exact) mass is 367 g/mol. The first-order valence-electron chi connectivity index (χ1n) is 6.04. The van der Waals surface area contributed by atoms with Crippen molar-refractivity contribution in [3.05, 3.63) is 79.4 Å². The molecule has 6 heteroatoms. The normalized spacial score (nSPS) is 10.8. The van der Waals surface area contributed by atoms with Gasteiger partial charge in [0.1, 0.15) is 12.4 Å². The van der Waals surface area contributed by atoms with E-state index in [1.807, 2.05) is 18.2 Å². The van der Waals surface area contributed by atoms with Gasteiger partial charge in [0.25, 0.3) is 0 Å². The maximum Gasteiger partial charge on any atom is 0.235 e. The first kappa shape index (κ1) is 15.5. The third-order valence-electron chi connectivity index (χ3n) is 2.69. The summed E-state index contributed by atoms with van der Waals surface area (Å²) in [7, 11) is 0. The molecule has 0 aliphatic heterocycles. The summed E-state index contributed by atoms with van der Waals surface area (Å²) in [6.45, 7) is 0.350. The zero-order chi connectivity index (χ0) is 15.2. The molecule has 0 radical (unpaired) electrons. The summed E-state index contributed by atoms with van der Waals surface area (Å²) in [6.07, 6.45) is 2.31. The lowest BCUT2D eigenvalue weighted by Gasteiger charge is -2.09. The number of halogens is 2. The molecule has 2 rings (SSSR count). The van der Waals surface area contributed by atoms with Crippen molar-refractivity contribution in [1.29, 1.82) is 0 Å². The SMILES string of the molecule is O=[N+]([O-])/C=C\c1ccc(OCc2ccccc2Cl)c(Br)c1. The van der Waals surface area contributed by atoms with Gasteiger partial charge in [-0.25, -0.2) is 0 Å². The first-order valence-corrected chi connectivity index (χ1v) is 7.21. The van der Waals surface area contributed by atoms with Crippen molar-refractivity contribution in [3.63, 3.8) is 0 Å². The van der Waals surface area contributed by atoms with Gasteiger partial charge in [0.05, 0.1) is 9.40 Å². The van der Waals surface area contributed by atoms with E-state index < -0.39 is 4.92 Å². The van der Waals surface area contributed by atoms with Crippen molar-refractivity contribution in [1.82, 2.24) is 0 Å². The Hall–Kier alpha value is -1.85. The predicted octanol–water partition coefficient (Wildman–Crippen LogP) is 4.93. The van der Waals surface area contributed by atoms with Crippen LogP contribution in [0, 0.1) is 10.1 Å². The van der Waals surface area contributed by atoms with Gasteiger partial charge in [0.15, 0.2) is 0 Å². The minimum Gasteiger partial charge on any atom is -0.488 e. The van der Waals surface area contributed by atoms with E-state index in [1.165, 1.54) is 6.08 Å². The van der Waals surface area contributed by atoms with Crippen LogP contribution in [0.4, 0.5) is 0 Å². The van der Waals surface area contributed by atoms with E-state index in [4.69, 9.17) is 16.3 Å². The standard InChI is InChI=1S/C15H11BrClNO3/c16-13-9-11(7-8-18(19)20)5-6-15(13)21-10-12-3-1-2-4-14(12)17/h1-9H,10H2/b8-7-. The number of rotatable bonds is 5. The molecule has 0 aliphatic rings. The Labute approximate surface area is 135 Å². The van der Waals surface area contributed by atoms with E-state index in [-0.39, 0.29) is 0 Å². The topological polar surface area (TPSA) is 52.4 Å². The highest BCUT2D eigenvalue weighted by Gasteiger charge is 2.05. The molecule has 0 aliphatic carbocycles. The van der Waals surface area contributed by atoms with Crippen molar-refractivity contribution in [2.45, 2.75) is 6.61 Å². The molecular formula is C15H11BrClNO3. The van der Waals surface area contributed by atoms with Gasteiger partial charge < -0.3 is 4.74 Å². The Morgan fingerprint density at radius 1 is 1.29 bits per heavy atom. The van der Waals surface area contributed by atoms with Crippen LogP contribution >= 0.6 is 27.5 Å². The number of nitrogens with zero attached hydrogens (tertiary/aromatic N) is 1. The summed E-state index contributed by atoms with van der Waals surface area (Å²) >= 11 is 9.45. The zero-order valence-electron chi connectivity index (χ0n) is 10.8. The third-order valence-corrected chi connectivity index (χ3v) is 3.67. The molecule has 0 saturated heterocycles. The second-order valence-corrected chi connectivity index (χ2v) is 5.43. The molecule has 2 aromatic carbocycles. The molecule has 0 N–H and O–H groups in total. The van der Waals surface area contributed by atoms with Gasteiger partial charge in [-0.15, -0.1) is 0 Å². The Morgan fingerprint density at radius 2 is 2.05 bits per heavy atom. The van der Waals surface area contributed by atoms with Crippen LogP contribution in [0.25, 0.3) is 6.08 Å². The van der Waals surface area contributed by atoms with Crippen LogP contribution in [0.1, 0.15) is 11.1 Å².